The molecule has 0 radical (unpaired) electrons. The first-order valence-electron chi connectivity index (χ1n) is 10.3. The molecular formula is C24H31N3O4. The number of hydrazone groups is 1. The summed E-state index contributed by atoms with van der Waals surface area (Å²) in [5, 5.41) is 6.72. The van der Waals surface area contributed by atoms with Gasteiger partial charge in [-0.2, -0.15) is 5.10 Å². The van der Waals surface area contributed by atoms with Gasteiger partial charge in [-0.1, -0.05) is 44.2 Å². The van der Waals surface area contributed by atoms with Gasteiger partial charge in [-0.05, 0) is 54.2 Å². The van der Waals surface area contributed by atoms with Crippen molar-refractivity contribution in [2.75, 3.05) is 13.7 Å². The third-order valence-electron chi connectivity index (χ3n) is 4.79. The van der Waals surface area contributed by atoms with E-state index in [1.54, 1.807) is 20.2 Å². The molecular weight excluding hydrogens is 394 g/mol. The van der Waals surface area contributed by atoms with E-state index in [1.165, 1.54) is 0 Å². The molecule has 2 rings (SSSR count). The summed E-state index contributed by atoms with van der Waals surface area (Å²) in [4.78, 5) is 24.6. The number of nitrogens with zero attached hydrogens (tertiary/aromatic N) is 1. The topological polar surface area (TPSA) is 89.0 Å². The quantitative estimate of drug-likeness (QED) is 0.471. The lowest BCUT2D eigenvalue weighted by Gasteiger charge is -2.17. The summed E-state index contributed by atoms with van der Waals surface area (Å²) in [6.45, 7) is 8.06. The van der Waals surface area contributed by atoms with Crippen LogP contribution in [0.3, 0.4) is 0 Å². The van der Waals surface area contributed by atoms with Crippen LogP contribution in [0.25, 0.3) is 0 Å². The van der Waals surface area contributed by atoms with Gasteiger partial charge in [0, 0.05) is 6.42 Å². The number of hydrogen-bond acceptors (Lipinski definition) is 5. The largest absolute Gasteiger partial charge is 0.496 e. The highest BCUT2D eigenvalue weighted by molar-refractivity contribution is 5.88. The van der Waals surface area contributed by atoms with Crippen LogP contribution in [0.5, 0.6) is 5.75 Å². The van der Waals surface area contributed by atoms with Crippen molar-refractivity contribution in [2.45, 2.75) is 46.1 Å². The lowest BCUT2D eigenvalue weighted by molar-refractivity contribution is -0.123. The van der Waals surface area contributed by atoms with Crippen molar-refractivity contribution < 1.29 is 19.1 Å². The zero-order valence-corrected chi connectivity index (χ0v) is 18.8. The molecule has 0 unspecified atom stereocenters. The van der Waals surface area contributed by atoms with Crippen LogP contribution in [-0.4, -0.2) is 38.0 Å². The van der Waals surface area contributed by atoms with Gasteiger partial charge < -0.3 is 14.8 Å². The van der Waals surface area contributed by atoms with Gasteiger partial charge >= 0.3 is 6.09 Å². The molecule has 2 amide bonds. The lowest BCUT2D eigenvalue weighted by Crippen LogP contribution is -2.47. The minimum absolute atomic E-state index is 0.221. The lowest BCUT2D eigenvalue weighted by atomic mass is 9.97. The molecule has 1 atom stereocenters. The smallest absolute Gasteiger partial charge is 0.407 e. The van der Waals surface area contributed by atoms with Crippen molar-refractivity contribution in [3.8, 4) is 5.75 Å². The fourth-order valence-corrected chi connectivity index (χ4v) is 3.10. The fourth-order valence-electron chi connectivity index (χ4n) is 3.10. The minimum atomic E-state index is -0.818. The molecule has 166 valence electrons. The van der Waals surface area contributed by atoms with Gasteiger partial charge in [-0.25, -0.2) is 10.2 Å². The van der Waals surface area contributed by atoms with E-state index >= 15 is 0 Å². The van der Waals surface area contributed by atoms with Crippen LogP contribution in [0.4, 0.5) is 4.79 Å². The third-order valence-corrected chi connectivity index (χ3v) is 4.79. The normalized spacial score (nSPS) is 11.9. The third kappa shape index (κ3) is 7.13. The van der Waals surface area contributed by atoms with Crippen LogP contribution in [0, 0.1) is 6.92 Å². The molecule has 0 saturated heterocycles. The van der Waals surface area contributed by atoms with E-state index in [-0.39, 0.29) is 12.5 Å². The summed E-state index contributed by atoms with van der Waals surface area (Å²) in [7, 11) is 1.65. The maximum atomic E-state index is 12.7. The van der Waals surface area contributed by atoms with Crippen LogP contribution in [0.15, 0.2) is 47.6 Å². The molecule has 0 fully saturated rings. The Kier molecular flexibility index (Phi) is 9.06. The van der Waals surface area contributed by atoms with E-state index in [1.807, 2.05) is 49.4 Å². The summed E-state index contributed by atoms with van der Waals surface area (Å²) in [5.41, 5.74) is 6.36. The number of carbonyl (C=O) groups excluding carboxylic acids is 2. The Balaban J connectivity index is 2.14. The van der Waals surface area contributed by atoms with Crippen LogP contribution in [0.1, 0.15) is 48.9 Å². The van der Waals surface area contributed by atoms with Crippen molar-refractivity contribution >= 4 is 18.2 Å². The number of methoxy groups -OCH3 is 1. The number of rotatable bonds is 9. The van der Waals surface area contributed by atoms with Crippen LogP contribution < -0.4 is 15.5 Å². The van der Waals surface area contributed by atoms with Gasteiger partial charge in [0.25, 0.3) is 5.91 Å². The standard InChI is InChI=1S/C24H31N3O4/c1-6-31-24(29)26-21(13-18-10-8-7-9-11-18)23(28)27-25-15-19-14-20(16(2)3)22(30-5)12-17(19)4/h7-12,14-16,21H,6,13H2,1-5H3,(H,26,29)(H,27,28)/b25-15-/t21-/m0/s1. The van der Waals surface area contributed by atoms with Crippen molar-refractivity contribution in [2.24, 2.45) is 5.10 Å². The van der Waals surface area contributed by atoms with E-state index in [0.717, 1.165) is 28.0 Å². The molecule has 0 bridgehead atoms. The molecule has 0 aliphatic carbocycles. The van der Waals surface area contributed by atoms with Crippen molar-refractivity contribution in [3.05, 3.63) is 64.7 Å². The Morgan fingerprint density at radius 2 is 1.87 bits per heavy atom. The van der Waals surface area contributed by atoms with Gasteiger partial charge in [0.2, 0.25) is 0 Å². The van der Waals surface area contributed by atoms with E-state index in [2.05, 4.69) is 29.7 Å². The molecule has 0 spiro atoms. The molecule has 0 aliphatic rings. The van der Waals surface area contributed by atoms with Gasteiger partial charge in [0.05, 0.1) is 19.9 Å². The summed E-state index contributed by atoms with van der Waals surface area (Å²) >= 11 is 0. The van der Waals surface area contributed by atoms with Gasteiger partial charge in [0.15, 0.2) is 0 Å². The van der Waals surface area contributed by atoms with Crippen LogP contribution in [-0.2, 0) is 16.0 Å². The predicted octanol–water partition coefficient (Wildman–Crippen LogP) is 3.93. The maximum Gasteiger partial charge on any atom is 0.407 e. The second-order valence-electron chi connectivity index (χ2n) is 7.45. The molecule has 0 saturated carbocycles. The molecule has 7 heteroatoms. The fraction of sp³-hybridized carbons (Fsp3) is 0.375. The first-order valence-corrected chi connectivity index (χ1v) is 10.3. The molecule has 2 aromatic carbocycles. The molecule has 0 aliphatic heterocycles. The zero-order valence-electron chi connectivity index (χ0n) is 18.8. The Morgan fingerprint density at radius 3 is 2.48 bits per heavy atom. The first-order chi connectivity index (χ1) is 14.8. The average Bonchev–Trinajstić information content (AvgIpc) is 2.74. The Labute approximate surface area is 183 Å². The number of nitrogens with one attached hydrogen (secondary N) is 2. The number of benzene rings is 2. The number of aryl methyl sites for hydroxylation is 1. The number of alkyl carbamates (subject to hydrolysis) is 1. The maximum absolute atomic E-state index is 12.7. The van der Waals surface area contributed by atoms with Gasteiger partial charge in [0.1, 0.15) is 11.8 Å². The highest BCUT2D eigenvalue weighted by Gasteiger charge is 2.21. The summed E-state index contributed by atoms with van der Waals surface area (Å²) in [6, 6.07) is 12.6. The number of amides is 2. The van der Waals surface area contributed by atoms with Crippen LogP contribution in [0.2, 0.25) is 0 Å². The van der Waals surface area contributed by atoms with Crippen molar-refractivity contribution in [1.82, 2.24) is 10.7 Å². The molecule has 31 heavy (non-hydrogen) atoms. The Morgan fingerprint density at radius 1 is 1.16 bits per heavy atom. The zero-order chi connectivity index (χ0) is 22.8. The summed E-state index contributed by atoms with van der Waals surface area (Å²) in [5.74, 6) is 0.681. The average molecular weight is 426 g/mol. The van der Waals surface area contributed by atoms with Gasteiger partial charge in [-0.3, -0.25) is 4.79 Å². The summed E-state index contributed by atoms with van der Waals surface area (Å²) in [6.07, 6.45) is 1.28. The molecule has 2 aromatic rings. The van der Waals surface area contributed by atoms with Crippen LogP contribution >= 0.6 is 0 Å². The predicted molar refractivity (Wildman–Crippen MR) is 122 cm³/mol. The first kappa shape index (κ1) is 23.9. The van der Waals surface area contributed by atoms with E-state index in [9.17, 15) is 9.59 Å². The molecule has 2 N–H and O–H groups in total. The monoisotopic (exact) mass is 425 g/mol. The molecule has 7 nitrogen and oxygen atoms in total. The number of carbonyl (C=O) groups is 2. The van der Waals surface area contributed by atoms with Crippen molar-refractivity contribution in [1.29, 1.82) is 0 Å². The van der Waals surface area contributed by atoms with E-state index in [0.29, 0.717) is 6.42 Å². The number of ether oxygens (including phenoxy) is 2. The second kappa shape index (κ2) is 11.7. The Hall–Kier alpha value is -3.35. The highest BCUT2D eigenvalue weighted by Crippen LogP contribution is 2.29. The van der Waals surface area contributed by atoms with E-state index < -0.39 is 18.0 Å². The highest BCUT2D eigenvalue weighted by atomic mass is 16.5. The number of hydrogen-bond donors (Lipinski definition) is 2. The van der Waals surface area contributed by atoms with Gasteiger partial charge in [-0.15, -0.1) is 0 Å². The van der Waals surface area contributed by atoms with Crippen molar-refractivity contribution in [3.63, 3.8) is 0 Å². The SMILES string of the molecule is CCOC(=O)N[C@@H](Cc1ccccc1)C(=O)N/N=C\c1cc(C(C)C)c(OC)cc1C. The molecule has 0 heterocycles. The summed E-state index contributed by atoms with van der Waals surface area (Å²) < 4.78 is 10.4. The Bertz CT molecular complexity index is 911. The molecule has 0 aromatic heterocycles. The second-order valence-corrected chi connectivity index (χ2v) is 7.45. The van der Waals surface area contributed by atoms with E-state index in [4.69, 9.17) is 9.47 Å². The minimum Gasteiger partial charge on any atom is -0.496 e.